The van der Waals surface area contributed by atoms with Crippen LogP contribution in [-0.4, -0.2) is 30.1 Å². The van der Waals surface area contributed by atoms with E-state index in [0.29, 0.717) is 0 Å². The van der Waals surface area contributed by atoms with Crippen LogP contribution in [0, 0.1) is 5.92 Å². The van der Waals surface area contributed by atoms with Gasteiger partial charge in [-0.25, -0.2) is 0 Å². The van der Waals surface area contributed by atoms with Gasteiger partial charge in [0.05, 0.1) is 13.2 Å². The summed E-state index contributed by atoms with van der Waals surface area (Å²) < 4.78 is 10.1. The molecule has 22 heavy (non-hydrogen) atoms. The predicted octanol–water partition coefficient (Wildman–Crippen LogP) is 3.01. The van der Waals surface area contributed by atoms with Gasteiger partial charge in [-0.15, -0.1) is 0 Å². The number of rotatable bonds is 6. The van der Waals surface area contributed by atoms with Gasteiger partial charge in [-0.2, -0.15) is 0 Å². The summed E-state index contributed by atoms with van der Waals surface area (Å²) >= 11 is 0. The van der Waals surface area contributed by atoms with Crippen LogP contribution in [0.15, 0.2) is 30.5 Å². The number of aromatic nitrogens is 1. The highest BCUT2D eigenvalue weighted by Gasteiger charge is 2.36. The average molecular weight is 303 g/mol. The van der Waals surface area contributed by atoms with Crippen molar-refractivity contribution in [1.29, 1.82) is 0 Å². The van der Waals surface area contributed by atoms with Crippen LogP contribution in [-0.2, 0) is 19.1 Å². The third-order valence-electron chi connectivity index (χ3n) is 3.69. The summed E-state index contributed by atoms with van der Waals surface area (Å²) in [4.78, 5) is 27.6. The summed E-state index contributed by atoms with van der Waals surface area (Å²) in [5, 5.41) is 0.994. The molecule has 0 aliphatic carbocycles. The Morgan fingerprint density at radius 3 is 2.27 bits per heavy atom. The van der Waals surface area contributed by atoms with Crippen LogP contribution in [0.1, 0.15) is 32.3 Å². The molecule has 1 aromatic heterocycles. The third kappa shape index (κ3) is 3.13. The first kappa shape index (κ1) is 16.1. The first-order valence-electron chi connectivity index (χ1n) is 7.49. The Bertz CT molecular complexity index is 643. The number of esters is 2. The van der Waals surface area contributed by atoms with E-state index in [0.717, 1.165) is 16.5 Å². The molecule has 5 nitrogen and oxygen atoms in total. The van der Waals surface area contributed by atoms with Gasteiger partial charge in [-0.3, -0.25) is 9.59 Å². The van der Waals surface area contributed by atoms with Gasteiger partial charge in [-0.1, -0.05) is 25.1 Å². The lowest BCUT2D eigenvalue weighted by molar-refractivity contribution is -0.162. The summed E-state index contributed by atoms with van der Waals surface area (Å²) in [7, 11) is 0. The normalized spacial score (nSPS) is 12.4. The summed E-state index contributed by atoms with van der Waals surface area (Å²) in [5.41, 5.74) is 1.87. The summed E-state index contributed by atoms with van der Waals surface area (Å²) in [5.74, 6) is -2.38. The zero-order valence-electron chi connectivity index (χ0n) is 13.1. The van der Waals surface area contributed by atoms with E-state index >= 15 is 0 Å². The Morgan fingerprint density at radius 2 is 1.68 bits per heavy atom. The minimum Gasteiger partial charge on any atom is -0.465 e. The van der Waals surface area contributed by atoms with Crippen LogP contribution in [0.5, 0.6) is 0 Å². The topological polar surface area (TPSA) is 68.4 Å². The van der Waals surface area contributed by atoms with Crippen LogP contribution in [0.25, 0.3) is 10.9 Å². The Kier molecular flexibility index (Phi) is 5.20. The molecule has 1 atom stereocenters. The van der Waals surface area contributed by atoms with E-state index in [1.165, 1.54) is 0 Å². The molecule has 0 spiro atoms. The number of aromatic amines is 1. The van der Waals surface area contributed by atoms with Crippen molar-refractivity contribution in [3.8, 4) is 0 Å². The van der Waals surface area contributed by atoms with Crippen molar-refractivity contribution in [2.75, 3.05) is 13.2 Å². The van der Waals surface area contributed by atoms with Crippen LogP contribution >= 0.6 is 0 Å². The zero-order chi connectivity index (χ0) is 16.1. The first-order valence-corrected chi connectivity index (χ1v) is 7.49. The van der Waals surface area contributed by atoms with E-state index in [-0.39, 0.29) is 19.1 Å². The molecular formula is C17H21NO4. The molecule has 2 aromatic rings. The van der Waals surface area contributed by atoms with Crippen molar-refractivity contribution in [3.63, 3.8) is 0 Å². The van der Waals surface area contributed by atoms with E-state index in [1.807, 2.05) is 37.4 Å². The minimum atomic E-state index is -0.959. The van der Waals surface area contributed by atoms with E-state index in [9.17, 15) is 9.59 Å². The predicted molar refractivity (Wildman–Crippen MR) is 83.5 cm³/mol. The first-order chi connectivity index (χ1) is 10.6. The second-order valence-corrected chi connectivity index (χ2v) is 5.06. The van der Waals surface area contributed by atoms with Crippen molar-refractivity contribution in [2.45, 2.75) is 26.7 Å². The van der Waals surface area contributed by atoms with Gasteiger partial charge in [0.15, 0.2) is 5.92 Å². The minimum absolute atomic E-state index is 0.231. The lowest BCUT2D eigenvalue weighted by atomic mass is 9.87. The summed E-state index contributed by atoms with van der Waals surface area (Å²) in [6.07, 6.45) is 1.83. The fourth-order valence-corrected chi connectivity index (χ4v) is 2.62. The standard InChI is InChI=1S/C17H21NO4/c1-4-21-16(19)15(17(20)22-5-2)11(3)13-10-18-14-9-7-6-8-12(13)14/h6-11,15,18H,4-5H2,1-3H3/t11-/m0/s1. The fourth-order valence-electron chi connectivity index (χ4n) is 2.62. The van der Waals surface area contributed by atoms with Crippen molar-refractivity contribution in [2.24, 2.45) is 5.92 Å². The number of fused-ring (bicyclic) bond motifs is 1. The monoisotopic (exact) mass is 303 g/mol. The van der Waals surface area contributed by atoms with E-state index in [4.69, 9.17) is 9.47 Å². The molecule has 1 N–H and O–H groups in total. The zero-order valence-corrected chi connectivity index (χ0v) is 13.1. The maximum absolute atomic E-state index is 12.2. The highest BCUT2D eigenvalue weighted by atomic mass is 16.6. The fraction of sp³-hybridized carbons (Fsp3) is 0.412. The van der Waals surface area contributed by atoms with Gasteiger partial charge in [0, 0.05) is 23.0 Å². The van der Waals surface area contributed by atoms with E-state index in [1.54, 1.807) is 13.8 Å². The highest BCUT2D eigenvalue weighted by molar-refractivity contribution is 5.97. The number of ether oxygens (including phenoxy) is 2. The number of nitrogens with one attached hydrogen (secondary N) is 1. The smallest absolute Gasteiger partial charge is 0.320 e. The van der Waals surface area contributed by atoms with Gasteiger partial charge in [-0.05, 0) is 25.5 Å². The maximum Gasteiger partial charge on any atom is 0.320 e. The van der Waals surface area contributed by atoms with E-state index in [2.05, 4.69) is 4.98 Å². The molecule has 0 radical (unpaired) electrons. The van der Waals surface area contributed by atoms with Crippen molar-refractivity contribution in [1.82, 2.24) is 4.98 Å². The molecule has 1 heterocycles. The largest absolute Gasteiger partial charge is 0.465 e. The van der Waals surface area contributed by atoms with Crippen LogP contribution in [0.4, 0.5) is 0 Å². The lowest BCUT2D eigenvalue weighted by Gasteiger charge is -2.20. The molecule has 0 aliphatic rings. The molecule has 0 fully saturated rings. The Hall–Kier alpha value is -2.30. The van der Waals surface area contributed by atoms with Gasteiger partial charge in [0.25, 0.3) is 0 Å². The van der Waals surface area contributed by atoms with E-state index < -0.39 is 17.9 Å². The van der Waals surface area contributed by atoms with Crippen molar-refractivity contribution >= 4 is 22.8 Å². The third-order valence-corrected chi connectivity index (χ3v) is 3.69. The molecule has 1 aromatic carbocycles. The summed E-state index contributed by atoms with van der Waals surface area (Å²) in [6, 6.07) is 7.78. The highest BCUT2D eigenvalue weighted by Crippen LogP contribution is 2.32. The molecule has 0 unspecified atom stereocenters. The number of carbonyl (C=O) groups excluding carboxylic acids is 2. The Morgan fingerprint density at radius 1 is 1.09 bits per heavy atom. The number of para-hydroxylation sites is 1. The molecule has 118 valence electrons. The number of benzene rings is 1. The van der Waals surface area contributed by atoms with Gasteiger partial charge in [0.2, 0.25) is 0 Å². The van der Waals surface area contributed by atoms with Gasteiger partial charge < -0.3 is 14.5 Å². The Labute approximate surface area is 129 Å². The lowest BCUT2D eigenvalue weighted by Crippen LogP contribution is -2.32. The van der Waals surface area contributed by atoms with Gasteiger partial charge in [0.1, 0.15) is 0 Å². The molecule has 0 saturated heterocycles. The van der Waals surface area contributed by atoms with Crippen LogP contribution in [0.2, 0.25) is 0 Å². The molecule has 5 heteroatoms. The maximum atomic E-state index is 12.2. The number of hydrogen-bond donors (Lipinski definition) is 1. The molecule has 0 amide bonds. The summed E-state index contributed by atoms with van der Waals surface area (Å²) in [6.45, 7) is 5.74. The average Bonchev–Trinajstić information content (AvgIpc) is 2.92. The molecule has 0 bridgehead atoms. The molecule has 0 aliphatic heterocycles. The second kappa shape index (κ2) is 7.11. The molecule has 2 rings (SSSR count). The van der Waals surface area contributed by atoms with Crippen molar-refractivity contribution in [3.05, 3.63) is 36.0 Å². The van der Waals surface area contributed by atoms with Gasteiger partial charge >= 0.3 is 11.9 Å². The number of H-pyrrole nitrogens is 1. The Balaban J connectivity index is 2.37. The van der Waals surface area contributed by atoms with Crippen LogP contribution < -0.4 is 0 Å². The van der Waals surface area contributed by atoms with Crippen LogP contribution in [0.3, 0.4) is 0 Å². The number of hydrogen-bond acceptors (Lipinski definition) is 4. The quantitative estimate of drug-likeness (QED) is 0.658. The second-order valence-electron chi connectivity index (χ2n) is 5.06. The molecular weight excluding hydrogens is 282 g/mol. The van der Waals surface area contributed by atoms with Crippen molar-refractivity contribution < 1.29 is 19.1 Å². The SMILES string of the molecule is CCOC(=O)C(C(=O)OCC)[C@@H](C)c1c[nH]c2ccccc12. The molecule has 0 saturated carbocycles. The number of carbonyl (C=O) groups is 2.